The van der Waals surface area contributed by atoms with Gasteiger partial charge in [0.05, 0.1) is 17.6 Å². The lowest BCUT2D eigenvalue weighted by molar-refractivity contribution is -0.205. The molecule has 0 bridgehead atoms. The van der Waals surface area contributed by atoms with Crippen LogP contribution in [-0.4, -0.2) is 40.6 Å². The van der Waals surface area contributed by atoms with Gasteiger partial charge in [0.25, 0.3) is 0 Å². The number of ether oxygens (including phenoxy) is 1. The predicted octanol–water partition coefficient (Wildman–Crippen LogP) is 4.80. The SMILES string of the molecule is CCOC1(O)CCCN(c2cnc(-c3ccc(F)cc3)c(-c3ccc(F)cc3)n2)CC1. The zero-order chi connectivity index (χ0) is 21.8. The molecule has 1 aliphatic heterocycles. The molecule has 3 aromatic rings. The Morgan fingerprint density at radius 1 is 0.935 bits per heavy atom. The van der Waals surface area contributed by atoms with Crippen molar-refractivity contribution in [2.24, 2.45) is 0 Å². The smallest absolute Gasteiger partial charge is 0.167 e. The molecule has 1 atom stereocenters. The lowest BCUT2D eigenvalue weighted by Crippen LogP contribution is -2.34. The lowest BCUT2D eigenvalue weighted by atomic mass is 10.0. The van der Waals surface area contributed by atoms with Gasteiger partial charge in [0.1, 0.15) is 17.5 Å². The summed E-state index contributed by atoms with van der Waals surface area (Å²) in [6.07, 6.45) is 3.47. The number of anilines is 1. The van der Waals surface area contributed by atoms with E-state index in [0.29, 0.717) is 49.7 Å². The Hall–Kier alpha value is -2.90. The first kappa shape index (κ1) is 21.3. The van der Waals surface area contributed by atoms with E-state index in [1.54, 1.807) is 30.5 Å². The van der Waals surface area contributed by atoms with Crippen LogP contribution in [0.25, 0.3) is 22.5 Å². The molecule has 1 N–H and O–H groups in total. The van der Waals surface area contributed by atoms with Crippen LogP contribution >= 0.6 is 0 Å². The molecule has 1 saturated heterocycles. The van der Waals surface area contributed by atoms with Gasteiger partial charge < -0.3 is 14.7 Å². The number of hydrogen-bond donors (Lipinski definition) is 1. The van der Waals surface area contributed by atoms with Crippen LogP contribution in [0, 0.1) is 11.6 Å². The monoisotopic (exact) mass is 425 g/mol. The Balaban J connectivity index is 1.71. The third-order valence-corrected chi connectivity index (χ3v) is 5.50. The molecule has 0 saturated carbocycles. The molecule has 2 heterocycles. The van der Waals surface area contributed by atoms with E-state index in [1.807, 2.05) is 6.92 Å². The zero-order valence-electron chi connectivity index (χ0n) is 17.4. The number of halogens is 2. The molecule has 1 unspecified atom stereocenters. The van der Waals surface area contributed by atoms with E-state index >= 15 is 0 Å². The van der Waals surface area contributed by atoms with E-state index in [9.17, 15) is 13.9 Å². The van der Waals surface area contributed by atoms with Gasteiger partial charge in [0, 0.05) is 43.7 Å². The highest BCUT2D eigenvalue weighted by atomic mass is 19.1. The average molecular weight is 425 g/mol. The molecule has 2 aromatic carbocycles. The van der Waals surface area contributed by atoms with Crippen molar-refractivity contribution < 1.29 is 18.6 Å². The number of aliphatic hydroxyl groups is 1. The fourth-order valence-electron chi connectivity index (χ4n) is 3.89. The van der Waals surface area contributed by atoms with E-state index in [2.05, 4.69) is 9.88 Å². The van der Waals surface area contributed by atoms with Gasteiger partial charge in [-0.1, -0.05) is 0 Å². The largest absolute Gasteiger partial charge is 0.365 e. The van der Waals surface area contributed by atoms with Crippen LogP contribution in [0.2, 0.25) is 0 Å². The van der Waals surface area contributed by atoms with Crippen molar-refractivity contribution in [3.8, 4) is 22.5 Å². The van der Waals surface area contributed by atoms with E-state index < -0.39 is 5.79 Å². The summed E-state index contributed by atoms with van der Waals surface area (Å²) >= 11 is 0. The first-order valence-corrected chi connectivity index (χ1v) is 10.5. The van der Waals surface area contributed by atoms with Crippen molar-refractivity contribution in [1.29, 1.82) is 0 Å². The summed E-state index contributed by atoms with van der Waals surface area (Å²) in [5, 5.41) is 10.6. The Kier molecular flexibility index (Phi) is 6.25. The Labute approximate surface area is 180 Å². The minimum atomic E-state index is -1.12. The normalized spacial score (nSPS) is 19.3. The molecule has 1 fully saturated rings. The van der Waals surface area contributed by atoms with Gasteiger partial charge >= 0.3 is 0 Å². The molecular weight excluding hydrogens is 400 g/mol. The maximum absolute atomic E-state index is 13.5. The zero-order valence-corrected chi connectivity index (χ0v) is 17.4. The quantitative estimate of drug-likeness (QED) is 0.595. The molecule has 31 heavy (non-hydrogen) atoms. The Morgan fingerprint density at radius 3 is 2.16 bits per heavy atom. The van der Waals surface area contributed by atoms with Crippen LogP contribution < -0.4 is 4.90 Å². The number of rotatable bonds is 5. The second kappa shape index (κ2) is 9.08. The topological polar surface area (TPSA) is 58.5 Å². The summed E-state index contributed by atoms with van der Waals surface area (Å²) in [6, 6.07) is 12.1. The molecule has 1 aromatic heterocycles. The summed E-state index contributed by atoms with van der Waals surface area (Å²) in [5.74, 6) is -1.11. The summed E-state index contributed by atoms with van der Waals surface area (Å²) in [4.78, 5) is 11.6. The highest BCUT2D eigenvalue weighted by Gasteiger charge is 2.31. The number of hydrogen-bond acceptors (Lipinski definition) is 5. The Bertz CT molecular complexity index is 1030. The molecule has 162 valence electrons. The van der Waals surface area contributed by atoms with Crippen LogP contribution in [0.5, 0.6) is 0 Å². The summed E-state index contributed by atoms with van der Waals surface area (Å²) in [5.41, 5.74) is 2.63. The predicted molar refractivity (Wildman–Crippen MR) is 115 cm³/mol. The molecule has 0 aliphatic carbocycles. The van der Waals surface area contributed by atoms with E-state index in [4.69, 9.17) is 9.72 Å². The molecule has 0 amide bonds. The molecule has 1 aliphatic rings. The molecule has 0 radical (unpaired) electrons. The molecule has 0 spiro atoms. The van der Waals surface area contributed by atoms with Crippen molar-refractivity contribution in [2.75, 3.05) is 24.6 Å². The van der Waals surface area contributed by atoms with Crippen LogP contribution in [0.4, 0.5) is 14.6 Å². The van der Waals surface area contributed by atoms with Crippen molar-refractivity contribution in [3.05, 3.63) is 66.4 Å². The molecule has 5 nitrogen and oxygen atoms in total. The third-order valence-electron chi connectivity index (χ3n) is 5.50. The second-order valence-corrected chi connectivity index (χ2v) is 7.66. The van der Waals surface area contributed by atoms with Crippen LogP contribution in [0.15, 0.2) is 54.7 Å². The maximum atomic E-state index is 13.5. The van der Waals surface area contributed by atoms with Gasteiger partial charge in [0.15, 0.2) is 5.79 Å². The van der Waals surface area contributed by atoms with Gasteiger partial charge in [-0.3, -0.25) is 4.98 Å². The van der Waals surface area contributed by atoms with Gasteiger partial charge in [0.2, 0.25) is 0 Å². The van der Waals surface area contributed by atoms with Crippen LogP contribution in [0.1, 0.15) is 26.2 Å². The van der Waals surface area contributed by atoms with Gasteiger partial charge in [-0.25, -0.2) is 13.8 Å². The van der Waals surface area contributed by atoms with Crippen molar-refractivity contribution in [1.82, 2.24) is 9.97 Å². The third kappa shape index (κ3) is 4.89. The Morgan fingerprint density at radius 2 is 1.55 bits per heavy atom. The minimum absolute atomic E-state index is 0.331. The summed E-state index contributed by atoms with van der Waals surface area (Å²) in [6.45, 7) is 3.61. The number of benzene rings is 2. The fourth-order valence-corrected chi connectivity index (χ4v) is 3.89. The lowest BCUT2D eigenvalue weighted by Gasteiger charge is -2.27. The van der Waals surface area contributed by atoms with Crippen molar-refractivity contribution in [2.45, 2.75) is 32.0 Å². The minimum Gasteiger partial charge on any atom is -0.365 e. The molecular formula is C24H25F2N3O2. The van der Waals surface area contributed by atoms with Crippen LogP contribution in [-0.2, 0) is 4.74 Å². The summed E-state index contributed by atoms with van der Waals surface area (Å²) < 4.78 is 32.5. The second-order valence-electron chi connectivity index (χ2n) is 7.66. The van der Waals surface area contributed by atoms with E-state index in [-0.39, 0.29) is 11.6 Å². The standard InChI is InChI=1S/C24H25F2N3O2/c1-2-31-24(30)12-3-14-29(15-13-24)21-16-27-22(17-4-8-19(25)9-5-17)23(28-21)18-6-10-20(26)11-7-18/h4-11,16,30H,2-3,12-15H2,1H3. The van der Waals surface area contributed by atoms with Gasteiger partial charge in [-0.15, -0.1) is 0 Å². The van der Waals surface area contributed by atoms with E-state index in [0.717, 1.165) is 17.5 Å². The van der Waals surface area contributed by atoms with Gasteiger partial charge in [-0.2, -0.15) is 0 Å². The van der Waals surface area contributed by atoms with Crippen molar-refractivity contribution in [3.63, 3.8) is 0 Å². The highest BCUT2D eigenvalue weighted by Crippen LogP contribution is 2.32. The molecule has 4 rings (SSSR count). The van der Waals surface area contributed by atoms with Gasteiger partial charge in [-0.05, 0) is 61.9 Å². The average Bonchev–Trinajstić information content (AvgIpc) is 2.96. The first-order valence-electron chi connectivity index (χ1n) is 10.5. The first-order chi connectivity index (χ1) is 15.0. The fraction of sp³-hybridized carbons (Fsp3) is 0.333. The molecule has 7 heteroatoms. The van der Waals surface area contributed by atoms with Crippen molar-refractivity contribution >= 4 is 5.82 Å². The number of aromatic nitrogens is 2. The van der Waals surface area contributed by atoms with E-state index in [1.165, 1.54) is 24.3 Å². The maximum Gasteiger partial charge on any atom is 0.167 e. The van der Waals surface area contributed by atoms with Crippen LogP contribution in [0.3, 0.4) is 0 Å². The summed E-state index contributed by atoms with van der Waals surface area (Å²) in [7, 11) is 0. The number of nitrogens with zero attached hydrogens (tertiary/aromatic N) is 3. The highest BCUT2D eigenvalue weighted by molar-refractivity contribution is 5.78.